The molecule has 17 heavy (non-hydrogen) atoms. The summed E-state index contributed by atoms with van der Waals surface area (Å²) >= 11 is 1.25. The number of aliphatic hydroxyl groups excluding tert-OH is 1. The molecule has 1 amide bonds. The first-order valence-electron chi connectivity index (χ1n) is 5.31. The van der Waals surface area contributed by atoms with E-state index < -0.39 is 0 Å². The summed E-state index contributed by atoms with van der Waals surface area (Å²) in [4.78, 5) is 18.2. The van der Waals surface area contributed by atoms with Crippen molar-refractivity contribution in [2.45, 2.75) is 19.4 Å². The van der Waals surface area contributed by atoms with Crippen molar-refractivity contribution in [3.63, 3.8) is 0 Å². The Morgan fingerprint density at radius 3 is 2.76 bits per heavy atom. The fourth-order valence-corrected chi connectivity index (χ4v) is 2.04. The Morgan fingerprint density at radius 2 is 2.29 bits per heavy atom. The van der Waals surface area contributed by atoms with Gasteiger partial charge in [-0.1, -0.05) is 11.3 Å². The first-order valence-corrected chi connectivity index (χ1v) is 6.12. The predicted molar refractivity (Wildman–Crippen MR) is 69.5 cm³/mol. The quantitative estimate of drug-likeness (QED) is 0.706. The van der Waals surface area contributed by atoms with E-state index in [4.69, 9.17) is 10.8 Å². The topological polar surface area (TPSA) is 91.5 Å². The summed E-state index contributed by atoms with van der Waals surface area (Å²) in [6, 6.07) is -0.0863. The average Bonchev–Trinajstić information content (AvgIpc) is 2.60. The molecule has 1 unspecified atom stereocenters. The summed E-state index contributed by atoms with van der Waals surface area (Å²) in [5, 5.41) is 12.2. The van der Waals surface area contributed by atoms with Crippen LogP contribution in [0, 0.1) is 0 Å². The van der Waals surface area contributed by atoms with Crippen LogP contribution in [0.5, 0.6) is 0 Å². The molecule has 1 rings (SSSR count). The van der Waals surface area contributed by atoms with E-state index in [1.165, 1.54) is 11.3 Å². The maximum absolute atomic E-state index is 11.9. The standard InChI is InChI=1S/C10H18N4O2S/c1-6(4-5-15)12-9(16)7-8(11)13-10(17-7)14(2)3/h6,15H,4-5,11H2,1-3H3,(H,12,16). The number of nitrogen functional groups attached to an aromatic ring is 1. The zero-order valence-electron chi connectivity index (χ0n) is 10.2. The number of hydrogen-bond donors (Lipinski definition) is 3. The fourth-order valence-electron chi connectivity index (χ4n) is 1.23. The number of carbonyl (C=O) groups excluding carboxylic acids is 1. The second-order valence-corrected chi connectivity index (χ2v) is 4.97. The minimum absolute atomic E-state index is 0.0442. The van der Waals surface area contributed by atoms with Gasteiger partial charge in [0.25, 0.3) is 5.91 Å². The Labute approximate surface area is 104 Å². The Hall–Kier alpha value is -1.34. The van der Waals surface area contributed by atoms with Gasteiger partial charge in [0, 0.05) is 26.7 Å². The summed E-state index contributed by atoms with van der Waals surface area (Å²) in [6.45, 7) is 1.88. The number of amides is 1. The number of nitrogens with zero attached hydrogens (tertiary/aromatic N) is 2. The molecule has 6 nitrogen and oxygen atoms in total. The van der Waals surface area contributed by atoms with Gasteiger partial charge < -0.3 is 21.1 Å². The second-order valence-electron chi connectivity index (χ2n) is 3.99. The van der Waals surface area contributed by atoms with E-state index in [0.29, 0.717) is 16.4 Å². The van der Waals surface area contributed by atoms with Crippen LogP contribution in [0.2, 0.25) is 0 Å². The Balaban J connectivity index is 2.75. The highest BCUT2D eigenvalue weighted by Crippen LogP contribution is 2.26. The van der Waals surface area contributed by atoms with E-state index in [2.05, 4.69) is 10.3 Å². The molecule has 96 valence electrons. The van der Waals surface area contributed by atoms with Crippen molar-refractivity contribution in [3.05, 3.63) is 4.88 Å². The number of anilines is 2. The summed E-state index contributed by atoms with van der Waals surface area (Å²) in [7, 11) is 3.68. The van der Waals surface area contributed by atoms with Crippen LogP contribution < -0.4 is 16.0 Å². The molecule has 1 aromatic heterocycles. The van der Waals surface area contributed by atoms with Gasteiger partial charge in [0.2, 0.25) is 0 Å². The van der Waals surface area contributed by atoms with E-state index >= 15 is 0 Å². The van der Waals surface area contributed by atoms with E-state index in [-0.39, 0.29) is 24.4 Å². The molecule has 0 bridgehead atoms. The lowest BCUT2D eigenvalue weighted by Gasteiger charge is -2.11. The van der Waals surface area contributed by atoms with Gasteiger partial charge in [0.05, 0.1) is 0 Å². The van der Waals surface area contributed by atoms with Crippen LogP contribution in [0.3, 0.4) is 0 Å². The van der Waals surface area contributed by atoms with E-state index in [1.54, 1.807) is 4.90 Å². The largest absolute Gasteiger partial charge is 0.396 e. The number of carbonyl (C=O) groups is 1. The number of nitrogens with one attached hydrogen (secondary N) is 1. The highest BCUT2D eigenvalue weighted by Gasteiger charge is 2.18. The minimum Gasteiger partial charge on any atom is -0.396 e. The first-order chi connectivity index (χ1) is 7.95. The predicted octanol–water partition coefficient (Wildman–Crippen LogP) is 0.292. The Bertz CT molecular complexity index is 392. The maximum Gasteiger partial charge on any atom is 0.265 e. The minimum atomic E-state index is -0.242. The molecule has 0 radical (unpaired) electrons. The lowest BCUT2D eigenvalue weighted by atomic mass is 10.2. The SMILES string of the molecule is CC(CCO)NC(=O)c1sc(N(C)C)nc1N. The molecule has 0 fully saturated rings. The van der Waals surface area contributed by atoms with Crippen LogP contribution in [0.25, 0.3) is 0 Å². The lowest BCUT2D eigenvalue weighted by molar-refractivity contribution is 0.0939. The molecular formula is C10H18N4O2S. The lowest BCUT2D eigenvalue weighted by Crippen LogP contribution is -2.33. The molecule has 0 aliphatic heterocycles. The van der Waals surface area contributed by atoms with Crippen molar-refractivity contribution < 1.29 is 9.90 Å². The van der Waals surface area contributed by atoms with E-state index in [1.807, 2.05) is 21.0 Å². The van der Waals surface area contributed by atoms with E-state index in [9.17, 15) is 4.79 Å². The highest BCUT2D eigenvalue weighted by atomic mass is 32.1. The van der Waals surface area contributed by atoms with Crippen LogP contribution in [-0.2, 0) is 0 Å². The molecule has 0 saturated heterocycles. The van der Waals surface area contributed by atoms with Crippen molar-refractivity contribution in [1.29, 1.82) is 0 Å². The normalized spacial score (nSPS) is 12.2. The summed E-state index contributed by atoms with van der Waals surface area (Å²) in [5.74, 6) is 0.00134. The van der Waals surface area contributed by atoms with Crippen molar-refractivity contribution >= 4 is 28.2 Å². The zero-order chi connectivity index (χ0) is 13.0. The third-order valence-electron chi connectivity index (χ3n) is 2.17. The number of rotatable bonds is 5. The molecule has 1 heterocycles. The fraction of sp³-hybridized carbons (Fsp3) is 0.600. The van der Waals surface area contributed by atoms with Crippen molar-refractivity contribution in [1.82, 2.24) is 10.3 Å². The average molecular weight is 258 g/mol. The van der Waals surface area contributed by atoms with Gasteiger partial charge in [-0.25, -0.2) is 4.98 Å². The molecule has 0 saturated carbocycles. The van der Waals surface area contributed by atoms with Gasteiger partial charge in [-0.2, -0.15) is 0 Å². The van der Waals surface area contributed by atoms with Gasteiger partial charge in [-0.3, -0.25) is 4.79 Å². The van der Waals surface area contributed by atoms with Gasteiger partial charge in [-0.05, 0) is 13.3 Å². The third-order valence-corrected chi connectivity index (χ3v) is 3.41. The monoisotopic (exact) mass is 258 g/mol. The Kier molecular flexibility index (Phi) is 4.71. The number of aliphatic hydroxyl groups is 1. The summed E-state index contributed by atoms with van der Waals surface area (Å²) in [5.41, 5.74) is 5.69. The van der Waals surface area contributed by atoms with Crippen molar-refractivity contribution in [3.8, 4) is 0 Å². The van der Waals surface area contributed by atoms with Crippen LogP contribution in [0.1, 0.15) is 23.0 Å². The van der Waals surface area contributed by atoms with Gasteiger partial charge in [-0.15, -0.1) is 0 Å². The zero-order valence-corrected chi connectivity index (χ0v) is 11.0. The molecule has 1 aromatic rings. The number of hydrogen-bond acceptors (Lipinski definition) is 6. The van der Waals surface area contributed by atoms with Gasteiger partial charge in [0.15, 0.2) is 5.13 Å². The number of nitrogens with two attached hydrogens (primary N) is 1. The van der Waals surface area contributed by atoms with E-state index in [0.717, 1.165) is 0 Å². The Morgan fingerprint density at radius 1 is 1.65 bits per heavy atom. The summed E-state index contributed by atoms with van der Waals surface area (Å²) in [6.07, 6.45) is 0.519. The molecule has 1 atom stereocenters. The van der Waals surface area contributed by atoms with Crippen LogP contribution in [-0.4, -0.2) is 42.7 Å². The molecule has 0 spiro atoms. The highest BCUT2D eigenvalue weighted by molar-refractivity contribution is 7.18. The van der Waals surface area contributed by atoms with Crippen LogP contribution in [0.15, 0.2) is 0 Å². The smallest absolute Gasteiger partial charge is 0.265 e. The molecule has 7 heteroatoms. The summed E-state index contributed by atoms with van der Waals surface area (Å²) < 4.78 is 0. The van der Waals surface area contributed by atoms with Crippen molar-refractivity contribution in [2.24, 2.45) is 0 Å². The molecular weight excluding hydrogens is 240 g/mol. The maximum atomic E-state index is 11.9. The van der Waals surface area contributed by atoms with Gasteiger partial charge >= 0.3 is 0 Å². The number of thiazole rings is 1. The second kappa shape index (κ2) is 5.83. The molecule has 0 aromatic carbocycles. The van der Waals surface area contributed by atoms with Crippen LogP contribution in [0.4, 0.5) is 10.9 Å². The first kappa shape index (κ1) is 13.7. The third kappa shape index (κ3) is 3.57. The van der Waals surface area contributed by atoms with Crippen LogP contribution >= 0.6 is 11.3 Å². The van der Waals surface area contributed by atoms with Gasteiger partial charge in [0.1, 0.15) is 10.7 Å². The molecule has 0 aliphatic carbocycles. The molecule has 0 aliphatic rings. The number of aromatic nitrogens is 1. The van der Waals surface area contributed by atoms with Crippen molar-refractivity contribution in [2.75, 3.05) is 31.3 Å². The molecule has 4 N–H and O–H groups in total.